The Hall–Kier alpha value is -2.11. The Kier molecular flexibility index (Phi) is 3.53. The maximum absolute atomic E-state index is 12.2. The summed E-state index contributed by atoms with van der Waals surface area (Å²) in [6.07, 6.45) is 0. The Balaban J connectivity index is 1.93. The molecule has 1 amide bonds. The van der Waals surface area contributed by atoms with E-state index in [-0.39, 0.29) is 10.9 Å². The van der Waals surface area contributed by atoms with Crippen molar-refractivity contribution in [1.29, 1.82) is 0 Å². The third-order valence-corrected chi connectivity index (χ3v) is 3.52. The lowest BCUT2D eigenvalue weighted by Crippen LogP contribution is -2.13. The second kappa shape index (κ2) is 5.35. The van der Waals surface area contributed by atoms with Crippen LogP contribution < -0.4 is 5.32 Å². The molecule has 1 aromatic carbocycles. The third-order valence-electron chi connectivity index (χ3n) is 2.97. The highest BCUT2D eigenvalue weighted by atomic mass is 35.5. The summed E-state index contributed by atoms with van der Waals surface area (Å²) in [7, 11) is 0. The van der Waals surface area contributed by atoms with Crippen molar-refractivity contribution >= 4 is 46.0 Å². The monoisotopic (exact) mass is 320 g/mol. The Morgan fingerprint density at radius 3 is 2.81 bits per heavy atom. The predicted molar refractivity (Wildman–Crippen MR) is 83.0 cm³/mol. The van der Waals surface area contributed by atoms with E-state index in [2.05, 4.69) is 20.5 Å². The average molecular weight is 321 g/mol. The molecule has 0 aliphatic rings. The van der Waals surface area contributed by atoms with E-state index in [1.165, 1.54) is 6.07 Å². The van der Waals surface area contributed by atoms with E-state index in [0.717, 1.165) is 11.1 Å². The van der Waals surface area contributed by atoms with Gasteiger partial charge in [0.2, 0.25) is 0 Å². The van der Waals surface area contributed by atoms with Gasteiger partial charge in [-0.05, 0) is 37.3 Å². The molecule has 0 aliphatic heterocycles. The number of carbonyl (C=O) groups excluding carboxylic acids is 1. The lowest BCUT2D eigenvalue weighted by atomic mass is 10.2. The van der Waals surface area contributed by atoms with Crippen LogP contribution in [0.25, 0.3) is 11.0 Å². The number of amides is 1. The van der Waals surface area contributed by atoms with Crippen molar-refractivity contribution in [3.8, 4) is 0 Å². The Bertz CT molecular complexity index is 844. The van der Waals surface area contributed by atoms with Gasteiger partial charge in [-0.1, -0.05) is 23.2 Å². The zero-order valence-corrected chi connectivity index (χ0v) is 12.5. The second-order valence-electron chi connectivity index (χ2n) is 4.50. The van der Waals surface area contributed by atoms with Gasteiger partial charge in [0.05, 0.1) is 16.0 Å². The molecule has 106 valence electrons. The van der Waals surface area contributed by atoms with E-state index in [0.29, 0.717) is 22.1 Å². The van der Waals surface area contributed by atoms with E-state index in [9.17, 15) is 4.79 Å². The summed E-state index contributed by atoms with van der Waals surface area (Å²) < 4.78 is 0. The molecule has 2 N–H and O–H groups in total. The Morgan fingerprint density at radius 2 is 2.05 bits per heavy atom. The molecule has 3 rings (SSSR count). The van der Waals surface area contributed by atoms with Gasteiger partial charge in [0.1, 0.15) is 0 Å². The van der Waals surface area contributed by atoms with Gasteiger partial charge in [0.25, 0.3) is 5.91 Å². The van der Waals surface area contributed by atoms with Crippen LogP contribution >= 0.6 is 23.2 Å². The van der Waals surface area contributed by atoms with Gasteiger partial charge in [-0.3, -0.25) is 9.89 Å². The van der Waals surface area contributed by atoms with Crippen molar-refractivity contribution in [2.24, 2.45) is 0 Å². The molecule has 21 heavy (non-hydrogen) atoms. The summed E-state index contributed by atoms with van der Waals surface area (Å²) in [5.74, 6) is 0.0548. The molecule has 0 bridgehead atoms. The highest BCUT2D eigenvalue weighted by Crippen LogP contribution is 2.24. The highest BCUT2D eigenvalue weighted by molar-refractivity contribution is 6.37. The van der Waals surface area contributed by atoms with Crippen LogP contribution in [0.4, 0.5) is 5.82 Å². The number of nitrogens with one attached hydrogen (secondary N) is 2. The number of hydrogen-bond donors (Lipinski definition) is 2. The minimum Gasteiger partial charge on any atom is -0.304 e. The van der Waals surface area contributed by atoms with Crippen molar-refractivity contribution in [2.45, 2.75) is 6.92 Å². The van der Waals surface area contributed by atoms with Gasteiger partial charge >= 0.3 is 0 Å². The summed E-state index contributed by atoms with van der Waals surface area (Å²) in [5.41, 5.74) is 1.81. The number of fused-ring (bicyclic) bond motifs is 1. The second-order valence-corrected chi connectivity index (χ2v) is 5.34. The molecule has 0 unspecified atom stereocenters. The van der Waals surface area contributed by atoms with Crippen LogP contribution in [0.15, 0.2) is 30.3 Å². The van der Waals surface area contributed by atoms with Crippen molar-refractivity contribution in [1.82, 2.24) is 15.2 Å². The number of aromatic amines is 1. The first kappa shape index (κ1) is 13.9. The van der Waals surface area contributed by atoms with E-state index in [1.807, 2.05) is 19.1 Å². The van der Waals surface area contributed by atoms with Crippen LogP contribution in [0.3, 0.4) is 0 Å². The highest BCUT2D eigenvalue weighted by Gasteiger charge is 2.14. The molecule has 0 atom stereocenters. The van der Waals surface area contributed by atoms with Crippen molar-refractivity contribution < 1.29 is 4.79 Å². The summed E-state index contributed by atoms with van der Waals surface area (Å²) >= 11 is 11.8. The molecule has 2 heterocycles. The van der Waals surface area contributed by atoms with Crippen LogP contribution in [0.2, 0.25) is 10.0 Å². The molecule has 0 saturated carbocycles. The third kappa shape index (κ3) is 2.70. The number of hydrogen-bond acceptors (Lipinski definition) is 3. The van der Waals surface area contributed by atoms with Crippen LogP contribution in [0, 0.1) is 6.92 Å². The molecular weight excluding hydrogens is 311 g/mol. The smallest absolute Gasteiger partial charge is 0.258 e. The maximum atomic E-state index is 12.2. The van der Waals surface area contributed by atoms with E-state index in [1.54, 1.807) is 12.1 Å². The molecule has 0 aliphatic carbocycles. The fraction of sp³-hybridized carbons (Fsp3) is 0.0714. The predicted octanol–water partition coefficient (Wildman–Crippen LogP) is 3.83. The summed E-state index contributed by atoms with van der Waals surface area (Å²) in [4.78, 5) is 16.5. The average Bonchev–Trinajstić information content (AvgIpc) is 2.80. The molecule has 0 saturated heterocycles. The Labute approximate surface area is 130 Å². The zero-order chi connectivity index (χ0) is 15.0. The lowest BCUT2D eigenvalue weighted by Gasteiger charge is -2.05. The van der Waals surface area contributed by atoms with E-state index >= 15 is 0 Å². The van der Waals surface area contributed by atoms with Gasteiger partial charge in [-0.2, -0.15) is 5.10 Å². The largest absolute Gasteiger partial charge is 0.304 e. The topological polar surface area (TPSA) is 70.7 Å². The van der Waals surface area contributed by atoms with Crippen LogP contribution in [0.5, 0.6) is 0 Å². The fourth-order valence-electron chi connectivity index (χ4n) is 1.95. The number of H-pyrrole nitrogens is 1. The number of aryl methyl sites for hydroxylation is 1. The number of rotatable bonds is 2. The number of carbonyl (C=O) groups is 1. The van der Waals surface area contributed by atoms with E-state index < -0.39 is 0 Å². The molecule has 0 fully saturated rings. The van der Waals surface area contributed by atoms with Crippen molar-refractivity contribution in [2.75, 3.05) is 5.32 Å². The fourth-order valence-corrected chi connectivity index (χ4v) is 2.44. The first-order valence-corrected chi connectivity index (χ1v) is 6.88. The van der Waals surface area contributed by atoms with Gasteiger partial charge in [0.15, 0.2) is 11.5 Å². The number of nitrogens with zero attached hydrogens (tertiary/aromatic N) is 2. The van der Waals surface area contributed by atoms with Crippen LogP contribution in [0.1, 0.15) is 16.1 Å². The lowest BCUT2D eigenvalue weighted by molar-refractivity contribution is 0.102. The number of halogens is 2. The standard InChI is InChI=1S/C14H10Cl2N4O/c1-7-2-4-10-12(17-7)19-20-13(10)18-14(21)9-5-3-8(15)6-11(9)16/h2-6H,1H3,(H2,17,18,19,20,21). The minimum atomic E-state index is -0.356. The molecule has 3 aromatic rings. The molecule has 2 aromatic heterocycles. The first-order valence-electron chi connectivity index (χ1n) is 6.13. The van der Waals surface area contributed by atoms with E-state index in [4.69, 9.17) is 23.2 Å². The molecule has 0 spiro atoms. The first-order chi connectivity index (χ1) is 10.0. The number of aromatic nitrogens is 3. The van der Waals surface area contributed by atoms with Gasteiger partial charge in [-0.25, -0.2) is 4.98 Å². The summed E-state index contributed by atoms with van der Waals surface area (Å²) in [5, 5.41) is 11.0. The summed E-state index contributed by atoms with van der Waals surface area (Å²) in [6, 6.07) is 8.39. The number of anilines is 1. The van der Waals surface area contributed by atoms with Crippen molar-refractivity contribution in [3.05, 3.63) is 51.6 Å². The van der Waals surface area contributed by atoms with Crippen molar-refractivity contribution in [3.63, 3.8) is 0 Å². The molecule has 5 nitrogen and oxygen atoms in total. The molecule has 7 heteroatoms. The van der Waals surface area contributed by atoms with Gasteiger partial charge in [-0.15, -0.1) is 0 Å². The molecule has 0 radical (unpaired) electrons. The maximum Gasteiger partial charge on any atom is 0.258 e. The van der Waals surface area contributed by atoms with Crippen LogP contribution in [-0.2, 0) is 0 Å². The zero-order valence-electron chi connectivity index (χ0n) is 10.9. The SMILES string of the molecule is Cc1ccc2c(NC(=O)c3ccc(Cl)cc3Cl)n[nH]c2n1. The normalized spacial score (nSPS) is 10.8. The quantitative estimate of drug-likeness (QED) is 0.753. The summed E-state index contributed by atoms with van der Waals surface area (Å²) in [6.45, 7) is 1.88. The number of pyridine rings is 1. The van der Waals surface area contributed by atoms with Gasteiger partial charge < -0.3 is 5.32 Å². The van der Waals surface area contributed by atoms with Crippen LogP contribution in [-0.4, -0.2) is 21.1 Å². The minimum absolute atomic E-state index is 0.286. The number of benzene rings is 1. The molecular formula is C14H10Cl2N4O. The Morgan fingerprint density at radius 1 is 1.24 bits per heavy atom. The van der Waals surface area contributed by atoms with Gasteiger partial charge in [0, 0.05) is 10.7 Å².